The Labute approximate surface area is 156 Å². The van der Waals surface area contributed by atoms with Crippen molar-refractivity contribution in [3.8, 4) is 0 Å². The van der Waals surface area contributed by atoms with Crippen molar-refractivity contribution in [3.63, 3.8) is 0 Å². The molecular weight excluding hydrogens is 324 g/mol. The molecule has 0 fully saturated rings. The molecular formula is C22H28N2O2. The summed E-state index contributed by atoms with van der Waals surface area (Å²) in [6.07, 6.45) is 1.51. The number of carbonyl (C=O) groups is 1. The summed E-state index contributed by atoms with van der Waals surface area (Å²) in [5, 5.41) is 0. The fourth-order valence-corrected chi connectivity index (χ4v) is 2.53. The minimum atomic E-state index is -0.306. The van der Waals surface area contributed by atoms with Gasteiger partial charge in [-0.1, -0.05) is 29.8 Å². The molecule has 2 rings (SSSR count). The molecule has 1 unspecified atom stereocenters. The molecule has 0 spiro atoms. The van der Waals surface area contributed by atoms with Crippen molar-refractivity contribution < 1.29 is 9.53 Å². The van der Waals surface area contributed by atoms with Crippen LogP contribution in [-0.4, -0.2) is 30.8 Å². The number of rotatable bonds is 6. The fraction of sp³-hybridized carbons (Fsp3) is 0.364. The first kappa shape index (κ1) is 19.7. The highest BCUT2D eigenvalue weighted by atomic mass is 16.5. The Bertz CT molecular complexity index is 795. The number of ether oxygens (including phenoxy) is 1. The Morgan fingerprint density at radius 2 is 1.81 bits per heavy atom. The van der Waals surface area contributed by atoms with Crippen molar-refractivity contribution in [3.05, 3.63) is 64.2 Å². The quantitative estimate of drug-likeness (QED) is 0.410. The standard InChI is InChI=1S/C22H28N2O2/c1-7-24(6)14-23-21-13-16(3)20(12-17(21)4)22(25)26-18(5)19-10-8-15(2)9-11-19/h8-14,18H,7H2,1-6H3/b23-14+. The molecule has 26 heavy (non-hydrogen) atoms. The van der Waals surface area contributed by atoms with E-state index in [0.717, 1.165) is 28.9 Å². The first-order valence-corrected chi connectivity index (χ1v) is 8.95. The molecule has 0 aromatic heterocycles. The van der Waals surface area contributed by atoms with E-state index in [1.165, 1.54) is 5.56 Å². The summed E-state index contributed by atoms with van der Waals surface area (Å²) in [6, 6.07) is 11.8. The van der Waals surface area contributed by atoms with Crippen molar-refractivity contribution in [2.24, 2.45) is 4.99 Å². The zero-order valence-electron chi connectivity index (χ0n) is 16.5. The topological polar surface area (TPSA) is 41.9 Å². The highest BCUT2D eigenvalue weighted by molar-refractivity contribution is 5.92. The maximum atomic E-state index is 12.6. The lowest BCUT2D eigenvalue weighted by Crippen LogP contribution is -2.14. The maximum Gasteiger partial charge on any atom is 0.339 e. The average molecular weight is 352 g/mol. The summed E-state index contributed by atoms with van der Waals surface area (Å²) >= 11 is 0. The lowest BCUT2D eigenvalue weighted by atomic mass is 10.0. The van der Waals surface area contributed by atoms with E-state index >= 15 is 0 Å². The molecule has 0 amide bonds. The normalized spacial score (nSPS) is 12.2. The second-order valence-corrected chi connectivity index (χ2v) is 6.73. The molecule has 4 nitrogen and oxygen atoms in total. The molecule has 0 aliphatic heterocycles. The van der Waals surface area contributed by atoms with Gasteiger partial charge in [-0.05, 0) is 63.4 Å². The van der Waals surface area contributed by atoms with E-state index in [1.54, 1.807) is 6.34 Å². The Balaban J connectivity index is 2.17. The monoisotopic (exact) mass is 352 g/mol. The van der Waals surface area contributed by atoms with E-state index < -0.39 is 0 Å². The molecule has 0 radical (unpaired) electrons. The van der Waals surface area contributed by atoms with Crippen molar-refractivity contribution in [1.29, 1.82) is 0 Å². The van der Waals surface area contributed by atoms with Crippen molar-refractivity contribution in [2.45, 2.75) is 40.7 Å². The van der Waals surface area contributed by atoms with Crippen molar-refractivity contribution >= 4 is 18.0 Å². The minimum absolute atomic E-state index is 0.293. The van der Waals surface area contributed by atoms with E-state index in [1.807, 2.05) is 76.0 Å². The summed E-state index contributed by atoms with van der Waals surface area (Å²) in [6.45, 7) is 10.8. The SMILES string of the molecule is CCN(C)/C=N/c1cc(C)c(C(=O)OC(C)c2ccc(C)cc2)cc1C. The van der Waals surface area contributed by atoms with Gasteiger partial charge >= 0.3 is 5.97 Å². The number of hydrogen-bond donors (Lipinski definition) is 0. The summed E-state index contributed by atoms with van der Waals surface area (Å²) < 4.78 is 5.67. The predicted octanol–water partition coefficient (Wildman–Crippen LogP) is 5.14. The highest BCUT2D eigenvalue weighted by Gasteiger charge is 2.17. The third-order valence-electron chi connectivity index (χ3n) is 4.49. The van der Waals surface area contributed by atoms with Crippen LogP contribution in [0.5, 0.6) is 0 Å². The highest BCUT2D eigenvalue weighted by Crippen LogP contribution is 2.26. The van der Waals surface area contributed by atoms with Gasteiger partial charge in [0, 0.05) is 13.6 Å². The van der Waals surface area contributed by atoms with E-state index in [9.17, 15) is 4.79 Å². The van der Waals surface area contributed by atoms with E-state index in [2.05, 4.69) is 11.9 Å². The van der Waals surface area contributed by atoms with E-state index in [0.29, 0.717) is 5.56 Å². The molecule has 138 valence electrons. The number of hydrogen-bond acceptors (Lipinski definition) is 3. The Hall–Kier alpha value is -2.62. The largest absolute Gasteiger partial charge is 0.454 e. The van der Waals surface area contributed by atoms with Crippen LogP contribution in [0, 0.1) is 20.8 Å². The number of esters is 1. The number of aryl methyl sites for hydroxylation is 3. The third-order valence-corrected chi connectivity index (χ3v) is 4.49. The van der Waals surface area contributed by atoms with Crippen molar-refractivity contribution in [1.82, 2.24) is 4.90 Å². The zero-order valence-corrected chi connectivity index (χ0v) is 16.5. The van der Waals surface area contributed by atoms with Gasteiger partial charge in [-0.3, -0.25) is 0 Å². The van der Waals surface area contributed by atoms with Gasteiger partial charge in [0.25, 0.3) is 0 Å². The van der Waals surface area contributed by atoms with Crippen LogP contribution in [0.2, 0.25) is 0 Å². The molecule has 4 heteroatoms. The maximum absolute atomic E-state index is 12.6. The first-order valence-electron chi connectivity index (χ1n) is 8.95. The van der Waals surface area contributed by atoms with Crippen LogP contribution in [-0.2, 0) is 4.74 Å². The Morgan fingerprint density at radius 1 is 1.15 bits per heavy atom. The molecule has 0 aliphatic rings. The number of aliphatic imine (C=N–C) groups is 1. The minimum Gasteiger partial charge on any atom is -0.454 e. The van der Waals surface area contributed by atoms with Gasteiger partial charge in [-0.2, -0.15) is 0 Å². The van der Waals surface area contributed by atoms with Crippen molar-refractivity contribution in [2.75, 3.05) is 13.6 Å². The van der Waals surface area contributed by atoms with Crippen LogP contribution in [0.25, 0.3) is 0 Å². The molecule has 0 saturated carbocycles. The Kier molecular flexibility index (Phi) is 6.56. The molecule has 0 saturated heterocycles. The fourth-order valence-electron chi connectivity index (χ4n) is 2.53. The molecule has 2 aromatic rings. The van der Waals surface area contributed by atoms with Crippen LogP contribution >= 0.6 is 0 Å². The Morgan fingerprint density at radius 3 is 2.42 bits per heavy atom. The molecule has 1 atom stereocenters. The van der Waals surface area contributed by atoms with E-state index in [4.69, 9.17) is 4.74 Å². The average Bonchev–Trinajstić information content (AvgIpc) is 2.62. The lowest BCUT2D eigenvalue weighted by Gasteiger charge is -2.16. The molecule has 2 aromatic carbocycles. The summed E-state index contributed by atoms with van der Waals surface area (Å²) in [5.74, 6) is -0.306. The first-order chi connectivity index (χ1) is 12.3. The van der Waals surface area contributed by atoms with Gasteiger partial charge in [0.05, 0.1) is 17.6 Å². The zero-order chi connectivity index (χ0) is 19.3. The van der Waals surface area contributed by atoms with Crippen LogP contribution in [0.1, 0.15) is 52.6 Å². The number of benzene rings is 2. The van der Waals surface area contributed by atoms with Gasteiger partial charge in [0.2, 0.25) is 0 Å². The summed E-state index contributed by atoms with van der Waals surface area (Å²) in [7, 11) is 1.98. The second kappa shape index (κ2) is 8.65. The van der Waals surface area contributed by atoms with Crippen LogP contribution in [0.4, 0.5) is 5.69 Å². The second-order valence-electron chi connectivity index (χ2n) is 6.73. The molecule has 0 bridgehead atoms. The van der Waals surface area contributed by atoms with Gasteiger partial charge < -0.3 is 9.64 Å². The van der Waals surface area contributed by atoms with Gasteiger partial charge in [0.15, 0.2) is 0 Å². The number of carbonyl (C=O) groups excluding carboxylic acids is 1. The smallest absolute Gasteiger partial charge is 0.339 e. The van der Waals surface area contributed by atoms with Crippen LogP contribution < -0.4 is 0 Å². The summed E-state index contributed by atoms with van der Waals surface area (Å²) in [5.41, 5.74) is 5.44. The third kappa shape index (κ3) is 4.94. The lowest BCUT2D eigenvalue weighted by molar-refractivity contribution is 0.0337. The molecule has 0 heterocycles. The van der Waals surface area contributed by atoms with Gasteiger partial charge in [0.1, 0.15) is 6.10 Å². The van der Waals surface area contributed by atoms with Crippen LogP contribution in [0.15, 0.2) is 41.4 Å². The molecule has 0 aliphatic carbocycles. The van der Waals surface area contributed by atoms with Gasteiger partial charge in [-0.15, -0.1) is 0 Å². The number of nitrogens with zero attached hydrogens (tertiary/aromatic N) is 2. The van der Waals surface area contributed by atoms with E-state index in [-0.39, 0.29) is 12.1 Å². The molecule has 0 N–H and O–H groups in total. The van der Waals surface area contributed by atoms with Crippen LogP contribution in [0.3, 0.4) is 0 Å². The summed E-state index contributed by atoms with van der Waals surface area (Å²) in [4.78, 5) is 19.1. The predicted molar refractivity (Wildman–Crippen MR) is 107 cm³/mol. The van der Waals surface area contributed by atoms with Gasteiger partial charge in [-0.25, -0.2) is 9.79 Å².